The van der Waals surface area contributed by atoms with Crippen LogP contribution in [0.2, 0.25) is 0 Å². The fourth-order valence-electron chi connectivity index (χ4n) is 1.75. The van der Waals surface area contributed by atoms with Gasteiger partial charge in [-0.3, -0.25) is 4.79 Å². The van der Waals surface area contributed by atoms with Gasteiger partial charge in [0.2, 0.25) is 0 Å². The van der Waals surface area contributed by atoms with Gasteiger partial charge in [0.05, 0.1) is 21.8 Å². The normalized spacial score (nSPS) is 10.1. The minimum absolute atomic E-state index is 0.224. The zero-order chi connectivity index (χ0) is 14.5. The van der Waals surface area contributed by atoms with Crippen LogP contribution in [0.25, 0.3) is 0 Å². The molecule has 0 radical (unpaired) electrons. The Labute approximate surface area is 120 Å². The van der Waals surface area contributed by atoms with E-state index in [0.29, 0.717) is 16.9 Å². The first-order valence-corrected chi connectivity index (χ1v) is 7.02. The molecule has 0 spiro atoms. The largest absolute Gasteiger partial charge is 0.367 e. The van der Waals surface area contributed by atoms with E-state index < -0.39 is 6.03 Å². The molecule has 1 heterocycles. The molecule has 2 rings (SSSR count). The number of anilines is 2. The third-order valence-electron chi connectivity index (χ3n) is 2.59. The van der Waals surface area contributed by atoms with E-state index in [1.807, 2.05) is 6.26 Å². The highest BCUT2D eigenvalue weighted by molar-refractivity contribution is 7.99. The Kier molecular flexibility index (Phi) is 4.31. The van der Waals surface area contributed by atoms with Gasteiger partial charge in [-0.2, -0.15) is 0 Å². The standard InChI is InChI=1S/C13H14N4O2S/c1-20-11-9(3-2-4-10(11)17-13(14)19)16-12(18)8-5-6-15-7-8/h2-7,15H,1H3,(H,16,18)(H3,14,17,19). The predicted octanol–water partition coefficient (Wildman–Crippen LogP) is 2.48. The van der Waals surface area contributed by atoms with Crippen molar-refractivity contribution in [3.05, 3.63) is 42.2 Å². The van der Waals surface area contributed by atoms with E-state index in [2.05, 4.69) is 15.6 Å². The molecule has 0 saturated heterocycles. The van der Waals surface area contributed by atoms with Crippen LogP contribution < -0.4 is 16.4 Å². The molecular formula is C13H14N4O2S. The number of thioether (sulfide) groups is 1. The molecule has 1 aromatic carbocycles. The molecule has 7 heteroatoms. The monoisotopic (exact) mass is 290 g/mol. The average Bonchev–Trinajstić information content (AvgIpc) is 2.92. The van der Waals surface area contributed by atoms with Gasteiger partial charge in [-0.05, 0) is 24.5 Å². The molecule has 0 unspecified atom stereocenters. The Bertz CT molecular complexity index is 625. The summed E-state index contributed by atoms with van der Waals surface area (Å²) < 4.78 is 0. The van der Waals surface area contributed by atoms with Crippen LogP contribution in [-0.4, -0.2) is 23.2 Å². The van der Waals surface area contributed by atoms with Gasteiger partial charge < -0.3 is 21.4 Å². The van der Waals surface area contributed by atoms with Gasteiger partial charge in [-0.15, -0.1) is 11.8 Å². The van der Waals surface area contributed by atoms with Gasteiger partial charge in [-0.25, -0.2) is 4.79 Å². The number of carbonyl (C=O) groups is 2. The molecule has 0 bridgehead atoms. The van der Waals surface area contributed by atoms with E-state index in [0.717, 1.165) is 4.90 Å². The fourth-order valence-corrected chi connectivity index (χ4v) is 2.42. The summed E-state index contributed by atoms with van der Waals surface area (Å²) in [5.41, 5.74) is 6.85. The number of primary amides is 1. The van der Waals surface area contributed by atoms with Crippen molar-refractivity contribution in [3.63, 3.8) is 0 Å². The highest BCUT2D eigenvalue weighted by atomic mass is 32.2. The van der Waals surface area contributed by atoms with Crippen molar-refractivity contribution >= 4 is 35.1 Å². The van der Waals surface area contributed by atoms with Crippen molar-refractivity contribution < 1.29 is 9.59 Å². The molecule has 3 amide bonds. The lowest BCUT2D eigenvalue weighted by atomic mass is 10.2. The molecule has 1 aromatic heterocycles. The molecule has 5 N–H and O–H groups in total. The second kappa shape index (κ2) is 6.16. The van der Waals surface area contributed by atoms with Crippen LogP contribution in [-0.2, 0) is 0 Å². The van der Waals surface area contributed by atoms with Crippen molar-refractivity contribution in [1.29, 1.82) is 0 Å². The van der Waals surface area contributed by atoms with Crippen LogP contribution in [0.3, 0.4) is 0 Å². The van der Waals surface area contributed by atoms with Gasteiger partial charge in [0.25, 0.3) is 5.91 Å². The molecule has 0 fully saturated rings. The number of carbonyl (C=O) groups excluding carboxylic acids is 2. The third-order valence-corrected chi connectivity index (χ3v) is 3.43. The summed E-state index contributed by atoms with van der Waals surface area (Å²) >= 11 is 1.41. The number of aromatic amines is 1. The van der Waals surface area contributed by atoms with Crippen molar-refractivity contribution in [2.45, 2.75) is 4.90 Å². The van der Waals surface area contributed by atoms with Gasteiger partial charge in [0.1, 0.15) is 0 Å². The molecule has 6 nitrogen and oxygen atoms in total. The number of amides is 3. The summed E-state index contributed by atoms with van der Waals surface area (Å²) in [7, 11) is 0. The van der Waals surface area contributed by atoms with Crippen molar-refractivity contribution in [2.24, 2.45) is 5.73 Å². The molecule has 104 valence electrons. The Hall–Kier alpha value is -2.41. The molecule has 2 aromatic rings. The summed E-state index contributed by atoms with van der Waals surface area (Å²) in [6.07, 6.45) is 5.14. The van der Waals surface area contributed by atoms with Crippen LogP contribution in [0.4, 0.5) is 16.2 Å². The first-order valence-electron chi connectivity index (χ1n) is 5.79. The van der Waals surface area contributed by atoms with E-state index in [9.17, 15) is 9.59 Å². The maximum Gasteiger partial charge on any atom is 0.316 e. The number of H-pyrrole nitrogens is 1. The minimum Gasteiger partial charge on any atom is -0.367 e. The Morgan fingerprint density at radius 1 is 1.20 bits per heavy atom. The van der Waals surface area contributed by atoms with Crippen LogP contribution >= 0.6 is 11.8 Å². The number of rotatable bonds is 4. The Morgan fingerprint density at radius 2 is 1.90 bits per heavy atom. The number of benzene rings is 1. The van der Waals surface area contributed by atoms with E-state index in [1.54, 1.807) is 36.7 Å². The molecule has 0 aliphatic rings. The first kappa shape index (κ1) is 14.0. The molecular weight excluding hydrogens is 276 g/mol. The van der Waals surface area contributed by atoms with E-state index in [-0.39, 0.29) is 5.91 Å². The second-order valence-electron chi connectivity index (χ2n) is 3.93. The summed E-state index contributed by atoms with van der Waals surface area (Å²) in [5, 5.41) is 5.34. The van der Waals surface area contributed by atoms with Crippen molar-refractivity contribution in [3.8, 4) is 0 Å². The molecule has 0 saturated carbocycles. The van der Waals surface area contributed by atoms with Gasteiger partial charge in [0.15, 0.2) is 0 Å². The van der Waals surface area contributed by atoms with Crippen LogP contribution in [0.15, 0.2) is 41.6 Å². The Balaban J connectivity index is 2.27. The van der Waals surface area contributed by atoms with Crippen LogP contribution in [0.5, 0.6) is 0 Å². The quantitative estimate of drug-likeness (QED) is 0.651. The Morgan fingerprint density at radius 3 is 2.45 bits per heavy atom. The average molecular weight is 290 g/mol. The molecule has 0 atom stereocenters. The lowest BCUT2D eigenvalue weighted by Crippen LogP contribution is -2.20. The maximum atomic E-state index is 12.0. The second-order valence-corrected chi connectivity index (χ2v) is 4.75. The number of nitrogens with one attached hydrogen (secondary N) is 3. The highest BCUT2D eigenvalue weighted by Gasteiger charge is 2.12. The SMILES string of the molecule is CSc1c(NC(N)=O)cccc1NC(=O)c1cc[nH]c1. The highest BCUT2D eigenvalue weighted by Crippen LogP contribution is 2.33. The van der Waals surface area contributed by atoms with Crippen LogP contribution in [0, 0.1) is 0 Å². The summed E-state index contributed by atoms with van der Waals surface area (Å²) in [4.78, 5) is 26.6. The first-order chi connectivity index (χ1) is 9.61. The number of hydrogen-bond donors (Lipinski definition) is 4. The lowest BCUT2D eigenvalue weighted by molar-refractivity contribution is 0.102. The fraction of sp³-hybridized carbons (Fsp3) is 0.0769. The van der Waals surface area contributed by atoms with Gasteiger partial charge >= 0.3 is 6.03 Å². The predicted molar refractivity (Wildman–Crippen MR) is 80.2 cm³/mol. The topological polar surface area (TPSA) is 100 Å². The van der Waals surface area contributed by atoms with Gasteiger partial charge in [0, 0.05) is 12.4 Å². The number of hydrogen-bond acceptors (Lipinski definition) is 3. The smallest absolute Gasteiger partial charge is 0.316 e. The van der Waals surface area contributed by atoms with Crippen molar-refractivity contribution in [2.75, 3.05) is 16.9 Å². The lowest BCUT2D eigenvalue weighted by Gasteiger charge is -2.13. The molecule has 0 aliphatic heterocycles. The molecule has 20 heavy (non-hydrogen) atoms. The molecule has 0 aliphatic carbocycles. The maximum absolute atomic E-state index is 12.0. The zero-order valence-electron chi connectivity index (χ0n) is 10.8. The number of aromatic nitrogens is 1. The van der Waals surface area contributed by atoms with Crippen LogP contribution in [0.1, 0.15) is 10.4 Å². The van der Waals surface area contributed by atoms with Gasteiger partial charge in [-0.1, -0.05) is 6.07 Å². The number of urea groups is 1. The summed E-state index contributed by atoms with van der Waals surface area (Å²) in [6.45, 7) is 0. The minimum atomic E-state index is -0.644. The summed E-state index contributed by atoms with van der Waals surface area (Å²) in [5.74, 6) is -0.224. The zero-order valence-corrected chi connectivity index (χ0v) is 11.6. The van der Waals surface area contributed by atoms with Crippen molar-refractivity contribution in [1.82, 2.24) is 4.98 Å². The summed E-state index contributed by atoms with van der Waals surface area (Å²) in [6, 6.07) is 6.26. The number of nitrogens with two attached hydrogens (primary N) is 1. The van der Waals surface area contributed by atoms with E-state index in [4.69, 9.17) is 5.73 Å². The van der Waals surface area contributed by atoms with E-state index in [1.165, 1.54) is 11.8 Å². The van der Waals surface area contributed by atoms with E-state index >= 15 is 0 Å². The third kappa shape index (κ3) is 3.12.